The normalized spacial score (nSPS) is 17.7. The number of fused-ring (bicyclic) bond motifs is 2. The van der Waals surface area contributed by atoms with E-state index in [0.29, 0.717) is 19.5 Å². The highest BCUT2D eigenvalue weighted by atomic mass is 16.1. The molecule has 31 heavy (non-hydrogen) atoms. The SMILES string of the molecule is NCc1ccc(CNC(=O)C2CC(c3c[nH]c4ccccc34)Nc3ccccc32)cc1. The molecule has 0 spiro atoms. The van der Waals surface area contributed by atoms with Gasteiger partial charge in [0.2, 0.25) is 5.91 Å². The second-order valence-corrected chi connectivity index (χ2v) is 8.10. The summed E-state index contributed by atoms with van der Waals surface area (Å²) in [6.45, 7) is 1.03. The number of rotatable bonds is 5. The van der Waals surface area contributed by atoms with Crippen molar-refractivity contribution in [1.82, 2.24) is 10.3 Å². The predicted molar refractivity (Wildman–Crippen MR) is 125 cm³/mol. The highest BCUT2D eigenvalue weighted by Gasteiger charge is 2.32. The monoisotopic (exact) mass is 410 g/mol. The molecule has 1 aromatic heterocycles. The molecule has 4 aromatic rings. The van der Waals surface area contributed by atoms with E-state index in [2.05, 4.69) is 46.1 Å². The second kappa shape index (κ2) is 8.28. The fraction of sp³-hybridized carbons (Fsp3) is 0.192. The molecule has 2 heterocycles. The van der Waals surface area contributed by atoms with Crippen LogP contribution in [-0.4, -0.2) is 10.9 Å². The number of carbonyl (C=O) groups excluding carboxylic acids is 1. The number of anilines is 1. The van der Waals surface area contributed by atoms with Crippen LogP contribution in [0.25, 0.3) is 10.9 Å². The summed E-state index contributed by atoms with van der Waals surface area (Å²) in [6.07, 6.45) is 2.76. The van der Waals surface area contributed by atoms with E-state index in [4.69, 9.17) is 5.73 Å². The maximum atomic E-state index is 13.3. The average Bonchev–Trinajstić information content (AvgIpc) is 3.26. The molecule has 0 fully saturated rings. The lowest BCUT2D eigenvalue weighted by Gasteiger charge is -2.32. The summed E-state index contributed by atoms with van der Waals surface area (Å²) in [5.41, 5.74) is 12.2. The number of carbonyl (C=O) groups is 1. The predicted octanol–water partition coefficient (Wildman–Crippen LogP) is 4.58. The molecule has 156 valence electrons. The average molecular weight is 411 g/mol. The molecule has 5 heteroatoms. The number of amides is 1. The molecule has 0 bridgehead atoms. The van der Waals surface area contributed by atoms with Gasteiger partial charge >= 0.3 is 0 Å². The second-order valence-electron chi connectivity index (χ2n) is 8.10. The number of aromatic amines is 1. The van der Waals surface area contributed by atoms with Crippen molar-refractivity contribution in [3.05, 3.63) is 101 Å². The summed E-state index contributed by atoms with van der Waals surface area (Å²) in [7, 11) is 0. The summed E-state index contributed by atoms with van der Waals surface area (Å²) in [5, 5.41) is 7.99. The van der Waals surface area contributed by atoms with Gasteiger partial charge in [0.05, 0.1) is 12.0 Å². The molecule has 3 aromatic carbocycles. The highest BCUT2D eigenvalue weighted by Crippen LogP contribution is 2.41. The van der Waals surface area contributed by atoms with Crippen LogP contribution in [0.3, 0.4) is 0 Å². The Morgan fingerprint density at radius 3 is 2.52 bits per heavy atom. The Kier molecular flexibility index (Phi) is 5.18. The molecule has 2 unspecified atom stereocenters. The van der Waals surface area contributed by atoms with E-state index in [1.54, 1.807) is 0 Å². The maximum Gasteiger partial charge on any atom is 0.227 e. The maximum absolute atomic E-state index is 13.3. The number of aromatic nitrogens is 1. The van der Waals surface area contributed by atoms with Crippen molar-refractivity contribution in [1.29, 1.82) is 0 Å². The Labute approximate surface area is 181 Å². The number of para-hydroxylation sites is 2. The minimum atomic E-state index is -0.209. The zero-order valence-corrected chi connectivity index (χ0v) is 17.3. The van der Waals surface area contributed by atoms with Gasteiger partial charge in [-0.2, -0.15) is 0 Å². The van der Waals surface area contributed by atoms with Crippen molar-refractivity contribution in [2.75, 3.05) is 5.32 Å². The first-order valence-electron chi connectivity index (χ1n) is 10.7. The minimum Gasteiger partial charge on any atom is -0.378 e. The molecule has 1 aliphatic heterocycles. The molecule has 0 saturated carbocycles. The van der Waals surface area contributed by atoms with Gasteiger partial charge in [-0.3, -0.25) is 4.79 Å². The van der Waals surface area contributed by atoms with Crippen LogP contribution < -0.4 is 16.4 Å². The van der Waals surface area contributed by atoms with E-state index < -0.39 is 0 Å². The molecule has 5 rings (SSSR count). The summed E-state index contributed by atoms with van der Waals surface area (Å²) < 4.78 is 0. The van der Waals surface area contributed by atoms with Crippen molar-refractivity contribution < 1.29 is 4.79 Å². The lowest BCUT2D eigenvalue weighted by Crippen LogP contribution is -2.34. The summed E-state index contributed by atoms with van der Waals surface area (Å²) >= 11 is 0. The van der Waals surface area contributed by atoms with Gasteiger partial charge in [-0.05, 0) is 40.8 Å². The van der Waals surface area contributed by atoms with E-state index in [1.807, 2.05) is 48.5 Å². The number of hydrogen-bond acceptors (Lipinski definition) is 3. The number of nitrogens with two attached hydrogens (primary N) is 1. The van der Waals surface area contributed by atoms with Gasteiger partial charge in [0, 0.05) is 35.9 Å². The van der Waals surface area contributed by atoms with Crippen LogP contribution in [-0.2, 0) is 17.9 Å². The number of H-pyrrole nitrogens is 1. The Hall–Kier alpha value is -3.57. The molecule has 0 radical (unpaired) electrons. The number of benzene rings is 3. The van der Waals surface area contributed by atoms with E-state index in [0.717, 1.165) is 27.9 Å². The molecule has 1 aliphatic rings. The Morgan fingerprint density at radius 1 is 0.935 bits per heavy atom. The van der Waals surface area contributed by atoms with E-state index in [1.165, 1.54) is 10.9 Å². The van der Waals surface area contributed by atoms with Gasteiger partial charge in [0.25, 0.3) is 0 Å². The third-order valence-electron chi connectivity index (χ3n) is 6.18. The van der Waals surface area contributed by atoms with Crippen LogP contribution in [0, 0.1) is 0 Å². The molecule has 2 atom stereocenters. The Balaban J connectivity index is 1.39. The summed E-state index contributed by atoms with van der Waals surface area (Å²) in [4.78, 5) is 16.6. The van der Waals surface area contributed by atoms with Crippen LogP contribution in [0.1, 0.15) is 40.6 Å². The summed E-state index contributed by atoms with van der Waals surface area (Å²) in [5.74, 6) is -0.152. The largest absolute Gasteiger partial charge is 0.378 e. The Morgan fingerprint density at radius 2 is 1.68 bits per heavy atom. The molecule has 5 nitrogen and oxygen atoms in total. The van der Waals surface area contributed by atoms with Crippen molar-refractivity contribution in [2.45, 2.75) is 31.5 Å². The van der Waals surface area contributed by atoms with Crippen LogP contribution in [0.15, 0.2) is 79.0 Å². The van der Waals surface area contributed by atoms with Crippen molar-refractivity contribution >= 4 is 22.5 Å². The molecular weight excluding hydrogens is 384 g/mol. The molecular formula is C26H26N4O. The van der Waals surface area contributed by atoms with Gasteiger partial charge < -0.3 is 21.4 Å². The molecule has 0 aliphatic carbocycles. The fourth-order valence-corrected chi connectivity index (χ4v) is 4.48. The van der Waals surface area contributed by atoms with E-state index >= 15 is 0 Å². The first kappa shape index (κ1) is 19.4. The van der Waals surface area contributed by atoms with Gasteiger partial charge in [-0.1, -0.05) is 60.7 Å². The highest BCUT2D eigenvalue weighted by molar-refractivity contribution is 5.88. The lowest BCUT2D eigenvalue weighted by atomic mass is 9.83. The standard InChI is InChI=1S/C26H26N4O/c27-14-17-9-11-18(12-10-17)15-29-26(31)21-13-25(30-24-8-4-2-5-19(21)24)22-16-28-23-7-3-1-6-20(22)23/h1-12,16,21,25,28,30H,13-15,27H2,(H,29,31). The van der Waals surface area contributed by atoms with E-state index in [9.17, 15) is 4.79 Å². The van der Waals surface area contributed by atoms with Crippen molar-refractivity contribution in [3.63, 3.8) is 0 Å². The van der Waals surface area contributed by atoms with Crippen molar-refractivity contribution in [3.8, 4) is 0 Å². The number of hydrogen-bond donors (Lipinski definition) is 4. The quantitative estimate of drug-likeness (QED) is 0.389. The molecule has 1 amide bonds. The number of nitrogens with one attached hydrogen (secondary N) is 3. The van der Waals surface area contributed by atoms with E-state index in [-0.39, 0.29) is 17.9 Å². The lowest BCUT2D eigenvalue weighted by molar-refractivity contribution is -0.123. The van der Waals surface area contributed by atoms with Gasteiger partial charge in [-0.15, -0.1) is 0 Å². The van der Waals surface area contributed by atoms with Crippen LogP contribution in [0.2, 0.25) is 0 Å². The first-order chi connectivity index (χ1) is 15.2. The third-order valence-corrected chi connectivity index (χ3v) is 6.18. The third kappa shape index (κ3) is 3.80. The van der Waals surface area contributed by atoms with Crippen LogP contribution in [0.5, 0.6) is 0 Å². The van der Waals surface area contributed by atoms with Gasteiger partial charge in [0.1, 0.15) is 0 Å². The Bertz CT molecular complexity index is 1210. The van der Waals surface area contributed by atoms with Crippen molar-refractivity contribution in [2.24, 2.45) is 5.73 Å². The summed E-state index contributed by atoms with van der Waals surface area (Å²) in [6, 6.07) is 24.5. The molecule has 0 saturated heterocycles. The molecule has 5 N–H and O–H groups in total. The zero-order chi connectivity index (χ0) is 21.2. The smallest absolute Gasteiger partial charge is 0.227 e. The first-order valence-corrected chi connectivity index (χ1v) is 10.7. The van der Waals surface area contributed by atoms with Gasteiger partial charge in [-0.25, -0.2) is 0 Å². The van der Waals surface area contributed by atoms with Crippen LogP contribution >= 0.6 is 0 Å². The topological polar surface area (TPSA) is 82.9 Å². The zero-order valence-electron chi connectivity index (χ0n) is 17.3. The van der Waals surface area contributed by atoms with Gasteiger partial charge in [0.15, 0.2) is 0 Å². The van der Waals surface area contributed by atoms with Crippen LogP contribution in [0.4, 0.5) is 5.69 Å². The minimum absolute atomic E-state index is 0.0571. The fourth-order valence-electron chi connectivity index (χ4n) is 4.48.